The van der Waals surface area contributed by atoms with Gasteiger partial charge in [-0.25, -0.2) is 4.79 Å². The van der Waals surface area contributed by atoms with Crippen molar-refractivity contribution >= 4 is 29.3 Å². The number of hydrogen-bond acceptors (Lipinski definition) is 4. The summed E-state index contributed by atoms with van der Waals surface area (Å²) < 4.78 is 4.54. The van der Waals surface area contributed by atoms with Crippen LogP contribution in [0.2, 0.25) is 0 Å². The molecule has 1 aromatic heterocycles. The molecule has 1 aromatic rings. The molecular weight excluding hydrogens is 214 g/mol. The number of thiophene rings is 1. The normalized spacial score (nSPS) is 10.9. The molecule has 1 amide bonds. The molecular formula is C10H11NO3S. The standard InChI is InChI=1S/C10H11NO3S/c1-7(12)11-9(10(13)14-2)5-8-3-4-15-6-8/h3-6H,1-2H3,(H,11,12)/b9-5-. The highest BCUT2D eigenvalue weighted by Gasteiger charge is 2.10. The average molecular weight is 225 g/mol. The average Bonchev–Trinajstić information content (AvgIpc) is 2.67. The molecule has 0 aliphatic heterocycles. The van der Waals surface area contributed by atoms with Crippen LogP contribution >= 0.6 is 11.3 Å². The summed E-state index contributed by atoms with van der Waals surface area (Å²) in [5, 5.41) is 6.17. The van der Waals surface area contributed by atoms with E-state index in [4.69, 9.17) is 0 Å². The van der Waals surface area contributed by atoms with Crippen LogP contribution in [0.25, 0.3) is 6.08 Å². The first-order chi connectivity index (χ1) is 7.13. The van der Waals surface area contributed by atoms with Crippen LogP contribution in [-0.2, 0) is 14.3 Å². The third-order valence-electron chi connectivity index (χ3n) is 1.57. The molecule has 0 saturated heterocycles. The Morgan fingerprint density at radius 1 is 1.53 bits per heavy atom. The fourth-order valence-electron chi connectivity index (χ4n) is 0.969. The molecule has 0 bridgehead atoms. The molecule has 15 heavy (non-hydrogen) atoms. The van der Waals surface area contributed by atoms with Crippen molar-refractivity contribution in [1.29, 1.82) is 0 Å². The number of methoxy groups -OCH3 is 1. The first-order valence-corrected chi connectivity index (χ1v) is 5.17. The van der Waals surface area contributed by atoms with Crippen molar-refractivity contribution in [3.05, 3.63) is 28.1 Å². The van der Waals surface area contributed by atoms with Gasteiger partial charge in [0, 0.05) is 6.92 Å². The predicted molar refractivity (Wildman–Crippen MR) is 58.1 cm³/mol. The van der Waals surface area contributed by atoms with E-state index in [1.807, 2.05) is 16.8 Å². The summed E-state index contributed by atoms with van der Waals surface area (Å²) in [5.41, 5.74) is 0.998. The topological polar surface area (TPSA) is 55.4 Å². The molecule has 0 aromatic carbocycles. The minimum atomic E-state index is -0.559. The van der Waals surface area contributed by atoms with Crippen molar-refractivity contribution in [2.75, 3.05) is 7.11 Å². The third kappa shape index (κ3) is 3.55. The van der Waals surface area contributed by atoms with Crippen molar-refractivity contribution in [3.63, 3.8) is 0 Å². The smallest absolute Gasteiger partial charge is 0.354 e. The molecule has 4 nitrogen and oxygen atoms in total. The number of carbonyl (C=O) groups is 2. The van der Waals surface area contributed by atoms with Crippen LogP contribution < -0.4 is 5.32 Å². The summed E-state index contributed by atoms with van der Waals surface area (Å²) >= 11 is 1.51. The van der Waals surface area contributed by atoms with Gasteiger partial charge >= 0.3 is 5.97 Å². The van der Waals surface area contributed by atoms with Gasteiger partial charge in [0.2, 0.25) is 5.91 Å². The highest BCUT2D eigenvalue weighted by atomic mass is 32.1. The Balaban J connectivity index is 2.90. The Labute approximate surface area is 91.6 Å². The van der Waals surface area contributed by atoms with E-state index in [1.54, 1.807) is 6.08 Å². The van der Waals surface area contributed by atoms with Crippen LogP contribution in [-0.4, -0.2) is 19.0 Å². The van der Waals surface area contributed by atoms with Crippen LogP contribution in [0.15, 0.2) is 22.5 Å². The minimum absolute atomic E-state index is 0.142. The molecule has 1 N–H and O–H groups in total. The van der Waals surface area contributed by atoms with Gasteiger partial charge in [0.15, 0.2) is 0 Å². The number of amides is 1. The maximum atomic E-state index is 11.3. The molecule has 1 heterocycles. The summed E-state index contributed by atoms with van der Waals surface area (Å²) in [6, 6.07) is 1.84. The summed E-state index contributed by atoms with van der Waals surface area (Å²) in [6.45, 7) is 1.34. The monoisotopic (exact) mass is 225 g/mol. The summed E-state index contributed by atoms with van der Waals surface area (Å²) in [4.78, 5) is 22.1. The lowest BCUT2D eigenvalue weighted by Crippen LogP contribution is -2.25. The van der Waals surface area contributed by atoms with Crippen LogP contribution in [0.4, 0.5) is 0 Å². The van der Waals surface area contributed by atoms with Gasteiger partial charge in [-0.05, 0) is 28.5 Å². The second kappa shape index (κ2) is 5.31. The van der Waals surface area contributed by atoms with Gasteiger partial charge < -0.3 is 10.1 Å². The SMILES string of the molecule is COC(=O)/C(=C/c1ccsc1)NC(C)=O. The van der Waals surface area contributed by atoms with Gasteiger partial charge in [-0.1, -0.05) is 0 Å². The fraction of sp³-hybridized carbons (Fsp3) is 0.200. The lowest BCUT2D eigenvalue weighted by atomic mass is 10.2. The first kappa shape index (κ1) is 11.5. The number of esters is 1. The second-order valence-corrected chi connectivity index (χ2v) is 3.57. The maximum Gasteiger partial charge on any atom is 0.354 e. The molecule has 0 unspecified atom stereocenters. The first-order valence-electron chi connectivity index (χ1n) is 4.23. The van der Waals surface area contributed by atoms with E-state index in [9.17, 15) is 9.59 Å². The second-order valence-electron chi connectivity index (χ2n) is 2.79. The summed E-state index contributed by atoms with van der Waals surface area (Å²) in [5.74, 6) is -0.863. The molecule has 1 rings (SSSR count). The Hall–Kier alpha value is -1.62. The maximum absolute atomic E-state index is 11.3. The molecule has 0 aliphatic rings. The zero-order chi connectivity index (χ0) is 11.3. The summed E-state index contributed by atoms with van der Waals surface area (Å²) in [7, 11) is 1.27. The Morgan fingerprint density at radius 3 is 2.73 bits per heavy atom. The number of carbonyl (C=O) groups excluding carboxylic acids is 2. The molecule has 0 spiro atoms. The number of ether oxygens (including phenoxy) is 1. The number of nitrogens with one attached hydrogen (secondary N) is 1. The highest BCUT2D eigenvalue weighted by molar-refractivity contribution is 7.08. The molecule has 0 atom stereocenters. The molecule has 5 heteroatoms. The van der Waals surface area contributed by atoms with Gasteiger partial charge in [-0.15, -0.1) is 0 Å². The van der Waals surface area contributed by atoms with Crippen molar-refractivity contribution < 1.29 is 14.3 Å². The zero-order valence-corrected chi connectivity index (χ0v) is 9.26. The number of hydrogen-bond donors (Lipinski definition) is 1. The van der Waals surface area contributed by atoms with E-state index < -0.39 is 5.97 Å². The largest absolute Gasteiger partial charge is 0.464 e. The van der Waals surface area contributed by atoms with Crippen molar-refractivity contribution in [2.24, 2.45) is 0 Å². The van der Waals surface area contributed by atoms with Crippen LogP contribution in [0.3, 0.4) is 0 Å². The van der Waals surface area contributed by atoms with Gasteiger partial charge in [0.05, 0.1) is 7.11 Å². The lowest BCUT2D eigenvalue weighted by molar-refractivity contribution is -0.137. The third-order valence-corrected chi connectivity index (χ3v) is 2.27. The molecule has 0 aliphatic carbocycles. The number of rotatable bonds is 3. The van der Waals surface area contributed by atoms with E-state index in [-0.39, 0.29) is 11.6 Å². The quantitative estimate of drug-likeness (QED) is 0.625. The van der Waals surface area contributed by atoms with E-state index in [0.717, 1.165) is 5.56 Å². The van der Waals surface area contributed by atoms with Crippen LogP contribution in [0.1, 0.15) is 12.5 Å². The fourth-order valence-corrected chi connectivity index (χ4v) is 1.59. The molecule has 0 fully saturated rings. The van der Waals surface area contributed by atoms with E-state index >= 15 is 0 Å². The van der Waals surface area contributed by atoms with Gasteiger partial charge in [0.25, 0.3) is 0 Å². The van der Waals surface area contributed by atoms with Gasteiger partial charge in [-0.3, -0.25) is 4.79 Å². The van der Waals surface area contributed by atoms with Crippen LogP contribution in [0.5, 0.6) is 0 Å². The highest BCUT2D eigenvalue weighted by Crippen LogP contribution is 2.10. The van der Waals surface area contributed by atoms with Crippen molar-refractivity contribution in [3.8, 4) is 0 Å². The Morgan fingerprint density at radius 2 is 2.27 bits per heavy atom. The van der Waals surface area contributed by atoms with Gasteiger partial charge in [0.1, 0.15) is 5.70 Å². The molecule has 80 valence electrons. The van der Waals surface area contributed by atoms with Crippen molar-refractivity contribution in [1.82, 2.24) is 5.32 Å². The lowest BCUT2D eigenvalue weighted by Gasteiger charge is -2.04. The molecule has 0 saturated carbocycles. The summed E-state index contributed by atoms with van der Waals surface area (Å²) in [6.07, 6.45) is 1.57. The predicted octanol–water partition coefficient (Wildman–Crippen LogP) is 1.40. The minimum Gasteiger partial charge on any atom is -0.464 e. The van der Waals surface area contributed by atoms with Crippen LogP contribution in [0, 0.1) is 0 Å². The van der Waals surface area contributed by atoms with Crippen molar-refractivity contribution in [2.45, 2.75) is 6.92 Å². The Bertz CT molecular complexity index is 381. The Kier molecular flexibility index (Phi) is 4.05. The zero-order valence-electron chi connectivity index (χ0n) is 8.44. The molecule has 0 radical (unpaired) electrons. The van der Waals surface area contributed by atoms with Gasteiger partial charge in [-0.2, -0.15) is 11.3 Å². The van der Waals surface area contributed by atoms with E-state index in [0.29, 0.717) is 0 Å². The van der Waals surface area contributed by atoms with E-state index in [1.165, 1.54) is 25.4 Å². The van der Waals surface area contributed by atoms with E-state index in [2.05, 4.69) is 10.1 Å².